The molecular weight excluding hydrogens is 210 g/mol. The molecule has 0 spiro atoms. The van der Waals surface area contributed by atoms with E-state index >= 15 is 0 Å². The zero-order valence-corrected chi connectivity index (χ0v) is 9.74. The lowest BCUT2D eigenvalue weighted by atomic mass is 10.0. The molecule has 4 heteroatoms. The molecule has 0 amide bonds. The first-order valence-electron chi connectivity index (χ1n) is 5.55. The van der Waals surface area contributed by atoms with E-state index in [4.69, 9.17) is 11.6 Å². The zero-order valence-electron chi connectivity index (χ0n) is 8.99. The Labute approximate surface area is 95.5 Å². The second-order valence-corrected chi connectivity index (χ2v) is 4.34. The Bertz CT molecular complexity index is 329. The third-order valence-electron chi connectivity index (χ3n) is 2.99. The van der Waals surface area contributed by atoms with E-state index in [-0.39, 0.29) is 0 Å². The monoisotopic (exact) mass is 225 g/mol. The first kappa shape index (κ1) is 10.7. The highest BCUT2D eigenvalue weighted by atomic mass is 35.5. The third-order valence-corrected chi connectivity index (χ3v) is 3.17. The normalized spacial score (nSPS) is 21.7. The molecule has 82 valence electrons. The van der Waals surface area contributed by atoms with Gasteiger partial charge in [-0.3, -0.25) is 4.98 Å². The molecule has 1 aromatic rings. The van der Waals surface area contributed by atoms with E-state index in [1.54, 1.807) is 12.4 Å². The van der Waals surface area contributed by atoms with Gasteiger partial charge in [-0.15, -0.1) is 0 Å². The summed E-state index contributed by atoms with van der Waals surface area (Å²) >= 11 is 5.85. The average Bonchev–Trinajstić information content (AvgIpc) is 2.29. The second-order valence-electron chi connectivity index (χ2n) is 3.95. The average molecular weight is 226 g/mol. The molecule has 2 heterocycles. The highest BCUT2D eigenvalue weighted by Gasteiger charge is 2.22. The largest absolute Gasteiger partial charge is 0.352 e. The van der Waals surface area contributed by atoms with Crippen molar-refractivity contribution in [3.8, 4) is 0 Å². The van der Waals surface area contributed by atoms with Crippen LogP contribution >= 0.6 is 11.6 Å². The van der Waals surface area contributed by atoms with Crippen LogP contribution in [0, 0.1) is 0 Å². The molecule has 0 aliphatic carbocycles. The van der Waals surface area contributed by atoms with E-state index in [9.17, 15) is 0 Å². The number of aromatic nitrogens is 2. The summed E-state index contributed by atoms with van der Waals surface area (Å²) in [7, 11) is 0. The summed E-state index contributed by atoms with van der Waals surface area (Å²) < 4.78 is 0. The molecule has 0 radical (unpaired) electrons. The standard InChI is InChI=1S/C11H16ClN3/c1-2-9-5-3-4-6-15(9)11-8-13-7-10(12)14-11/h7-9H,2-6H2,1H3/t9-/m1/s1. The van der Waals surface area contributed by atoms with Crippen LogP contribution in [0.2, 0.25) is 5.15 Å². The number of hydrogen-bond acceptors (Lipinski definition) is 3. The molecule has 3 nitrogen and oxygen atoms in total. The van der Waals surface area contributed by atoms with Crippen molar-refractivity contribution in [1.82, 2.24) is 9.97 Å². The van der Waals surface area contributed by atoms with Crippen LogP contribution in [0.5, 0.6) is 0 Å². The topological polar surface area (TPSA) is 29.0 Å². The first-order valence-corrected chi connectivity index (χ1v) is 5.93. The van der Waals surface area contributed by atoms with Crippen molar-refractivity contribution in [2.45, 2.75) is 38.6 Å². The highest BCUT2D eigenvalue weighted by molar-refractivity contribution is 6.29. The van der Waals surface area contributed by atoms with Crippen molar-refractivity contribution in [3.63, 3.8) is 0 Å². The molecule has 0 bridgehead atoms. The molecule has 0 unspecified atom stereocenters. The number of nitrogens with zero attached hydrogens (tertiary/aromatic N) is 3. The smallest absolute Gasteiger partial charge is 0.149 e. The summed E-state index contributed by atoms with van der Waals surface area (Å²) in [6.07, 6.45) is 8.36. The minimum Gasteiger partial charge on any atom is -0.352 e. The molecule has 2 rings (SSSR count). The lowest BCUT2D eigenvalue weighted by molar-refractivity contribution is 0.446. The van der Waals surface area contributed by atoms with Crippen LogP contribution in [0.15, 0.2) is 12.4 Å². The Hall–Kier alpha value is -0.830. The van der Waals surface area contributed by atoms with Crippen molar-refractivity contribution < 1.29 is 0 Å². The van der Waals surface area contributed by atoms with Crippen molar-refractivity contribution in [3.05, 3.63) is 17.5 Å². The Morgan fingerprint density at radius 3 is 3.07 bits per heavy atom. The summed E-state index contributed by atoms with van der Waals surface area (Å²) in [6.45, 7) is 3.30. The van der Waals surface area contributed by atoms with Crippen LogP contribution in [0.3, 0.4) is 0 Å². The van der Waals surface area contributed by atoms with E-state index in [0.29, 0.717) is 11.2 Å². The maximum atomic E-state index is 5.85. The van der Waals surface area contributed by atoms with Gasteiger partial charge in [0.15, 0.2) is 0 Å². The molecule has 0 saturated carbocycles. The molecule has 1 fully saturated rings. The first-order chi connectivity index (χ1) is 7.31. The molecule has 1 aromatic heterocycles. The Morgan fingerprint density at radius 1 is 1.47 bits per heavy atom. The van der Waals surface area contributed by atoms with Gasteiger partial charge in [0.25, 0.3) is 0 Å². The highest BCUT2D eigenvalue weighted by Crippen LogP contribution is 2.24. The van der Waals surface area contributed by atoms with Crippen LogP contribution in [0.1, 0.15) is 32.6 Å². The van der Waals surface area contributed by atoms with Crippen molar-refractivity contribution in [2.24, 2.45) is 0 Å². The number of piperidine rings is 1. The van der Waals surface area contributed by atoms with Gasteiger partial charge >= 0.3 is 0 Å². The molecule has 1 atom stereocenters. The quantitative estimate of drug-likeness (QED) is 0.775. The molecule has 15 heavy (non-hydrogen) atoms. The lowest BCUT2D eigenvalue weighted by Gasteiger charge is -2.35. The summed E-state index contributed by atoms with van der Waals surface area (Å²) in [5.41, 5.74) is 0. The van der Waals surface area contributed by atoms with Crippen LogP contribution in [-0.2, 0) is 0 Å². The molecular formula is C11H16ClN3. The van der Waals surface area contributed by atoms with Crippen molar-refractivity contribution in [2.75, 3.05) is 11.4 Å². The molecule has 1 aliphatic rings. The van der Waals surface area contributed by atoms with E-state index < -0.39 is 0 Å². The Balaban J connectivity index is 2.20. The summed E-state index contributed by atoms with van der Waals surface area (Å²) in [5.74, 6) is 0.925. The number of hydrogen-bond donors (Lipinski definition) is 0. The second kappa shape index (κ2) is 4.79. The SMILES string of the molecule is CC[C@@H]1CCCCN1c1cncc(Cl)n1. The van der Waals surface area contributed by atoms with Gasteiger partial charge in [-0.2, -0.15) is 0 Å². The van der Waals surface area contributed by atoms with Gasteiger partial charge in [-0.25, -0.2) is 4.98 Å². The van der Waals surface area contributed by atoms with Gasteiger partial charge < -0.3 is 4.90 Å². The third kappa shape index (κ3) is 2.40. The lowest BCUT2D eigenvalue weighted by Crippen LogP contribution is -2.39. The predicted molar refractivity (Wildman–Crippen MR) is 62.3 cm³/mol. The maximum absolute atomic E-state index is 5.85. The van der Waals surface area contributed by atoms with Crippen molar-refractivity contribution >= 4 is 17.4 Å². The summed E-state index contributed by atoms with van der Waals surface area (Å²) in [4.78, 5) is 10.8. The fraction of sp³-hybridized carbons (Fsp3) is 0.636. The van der Waals surface area contributed by atoms with E-state index in [2.05, 4.69) is 21.8 Å². The summed E-state index contributed by atoms with van der Waals surface area (Å²) in [5, 5.41) is 0.480. The van der Waals surface area contributed by atoms with E-state index in [1.165, 1.54) is 19.3 Å². The van der Waals surface area contributed by atoms with E-state index in [0.717, 1.165) is 18.8 Å². The minimum atomic E-state index is 0.480. The number of anilines is 1. The van der Waals surface area contributed by atoms with Crippen LogP contribution in [0.25, 0.3) is 0 Å². The Kier molecular flexibility index (Phi) is 3.41. The Morgan fingerprint density at radius 2 is 2.33 bits per heavy atom. The van der Waals surface area contributed by atoms with Crippen LogP contribution in [-0.4, -0.2) is 22.6 Å². The fourth-order valence-electron chi connectivity index (χ4n) is 2.20. The van der Waals surface area contributed by atoms with Crippen molar-refractivity contribution in [1.29, 1.82) is 0 Å². The molecule has 0 N–H and O–H groups in total. The minimum absolute atomic E-state index is 0.480. The van der Waals surface area contributed by atoms with Gasteiger partial charge in [0.1, 0.15) is 11.0 Å². The van der Waals surface area contributed by atoms with Crippen LogP contribution < -0.4 is 4.90 Å². The predicted octanol–water partition coefficient (Wildman–Crippen LogP) is 2.90. The van der Waals surface area contributed by atoms with E-state index in [1.807, 2.05) is 0 Å². The summed E-state index contributed by atoms with van der Waals surface area (Å²) in [6, 6.07) is 0.603. The fourth-order valence-corrected chi connectivity index (χ4v) is 2.34. The van der Waals surface area contributed by atoms with Gasteiger partial charge in [0, 0.05) is 12.6 Å². The van der Waals surface area contributed by atoms with Gasteiger partial charge in [0.2, 0.25) is 0 Å². The van der Waals surface area contributed by atoms with Gasteiger partial charge in [0.05, 0.1) is 12.4 Å². The van der Waals surface area contributed by atoms with Crippen LogP contribution in [0.4, 0.5) is 5.82 Å². The zero-order chi connectivity index (χ0) is 10.7. The number of rotatable bonds is 2. The van der Waals surface area contributed by atoms with Gasteiger partial charge in [-0.05, 0) is 25.7 Å². The number of halogens is 1. The maximum Gasteiger partial charge on any atom is 0.149 e. The molecule has 0 aromatic carbocycles. The van der Waals surface area contributed by atoms with Gasteiger partial charge in [-0.1, -0.05) is 18.5 Å². The molecule has 1 aliphatic heterocycles. The molecule has 1 saturated heterocycles.